The van der Waals surface area contributed by atoms with Crippen molar-refractivity contribution in [1.82, 2.24) is 19.4 Å². The molecule has 0 bridgehead atoms. The van der Waals surface area contributed by atoms with Gasteiger partial charge in [-0.05, 0) is 44.9 Å². The Kier molecular flexibility index (Phi) is 7.15. The van der Waals surface area contributed by atoms with Gasteiger partial charge in [0.05, 0.1) is 17.8 Å². The zero-order chi connectivity index (χ0) is 25.2. The lowest BCUT2D eigenvalue weighted by molar-refractivity contribution is 0.195. The lowest BCUT2D eigenvalue weighted by atomic mass is 10.1. The normalized spacial score (nSPS) is 11.7. The minimum Gasteiger partial charge on any atom is -0.480 e. The highest BCUT2D eigenvalue weighted by atomic mass is 32.2. The number of thiazole rings is 1. The molecular formula is C23H25N5O5S2. The molecule has 4 heterocycles. The molecule has 0 aliphatic carbocycles. The van der Waals surface area contributed by atoms with Gasteiger partial charge in [0.1, 0.15) is 11.3 Å². The van der Waals surface area contributed by atoms with E-state index in [0.29, 0.717) is 52.5 Å². The van der Waals surface area contributed by atoms with Gasteiger partial charge in [0.15, 0.2) is 4.21 Å². The van der Waals surface area contributed by atoms with E-state index in [1.54, 1.807) is 57.7 Å². The van der Waals surface area contributed by atoms with E-state index in [1.165, 1.54) is 11.5 Å². The summed E-state index contributed by atoms with van der Waals surface area (Å²) in [4.78, 5) is 25.9. The molecule has 0 amide bonds. The molecule has 0 unspecified atom stereocenters. The number of ether oxygens (including phenoxy) is 2. The maximum atomic E-state index is 13.0. The molecule has 0 saturated heterocycles. The van der Waals surface area contributed by atoms with Crippen molar-refractivity contribution in [3.8, 4) is 17.0 Å². The van der Waals surface area contributed by atoms with Gasteiger partial charge in [0.25, 0.3) is 15.6 Å². The molecule has 0 radical (unpaired) electrons. The fraction of sp³-hybridized carbons (Fsp3) is 0.304. The van der Waals surface area contributed by atoms with Crippen LogP contribution in [-0.2, 0) is 21.2 Å². The minimum absolute atomic E-state index is 0.122. The molecule has 0 aliphatic rings. The van der Waals surface area contributed by atoms with Crippen LogP contribution in [0.2, 0.25) is 0 Å². The first-order valence-corrected chi connectivity index (χ1v) is 13.0. The molecule has 0 aliphatic heterocycles. The van der Waals surface area contributed by atoms with Crippen molar-refractivity contribution in [3.05, 3.63) is 63.4 Å². The first-order chi connectivity index (χ1) is 16.7. The predicted octanol–water partition coefficient (Wildman–Crippen LogP) is 3.22. The van der Waals surface area contributed by atoms with Crippen LogP contribution in [0.15, 0.2) is 45.8 Å². The fourth-order valence-corrected chi connectivity index (χ4v) is 6.20. The van der Waals surface area contributed by atoms with Crippen LogP contribution in [0.5, 0.6) is 5.88 Å². The summed E-state index contributed by atoms with van der Waals surface area (Å²) < 4.78 is 40.6. The first-order valence-electron chi connectivity index (χ1n) is 10.7. The number of anilines is 1. The van der Waals surface area contributed by atoms with Gasteiger partial charge < -0.3 is 9.47 Å². The number of sulfonamides is 1. The molecular weight excluding hydrogens is 490 g/mol. The predicted molar refractivity (Wildman–Crippen MR) is 134 cm³/mol. The molecule has 10 nitrogen and oxygen atoms in total. The van der Waals surface area contributed by atoms with Crippen molar-refractivity contribution in [3.63, 3.8) is 0 Å². The first kappa shape index (κ1) is 24.8. The Labute approximate surface area is 206 Å². The molecule has 0 spiro atoms. The summed E-state index contributed by atoms with van der Waals surface area (Å²) >= 11 is 1.09. The van der Waals surface area contributed by atoms with E-state index in [-0.39, 0.29) is 21.3 Å². The quantitative estimate of drug-likeness (QED) is 0.337. The van der Waals surface area contributed by atoms with Crippen molar-refractivity contribution < 1.29 is 17.9 Å². The summed E-state index contributed by atoms with van der Waals surface area (Å²) in [5.74, 6) is 0.122. The van der Waals surface area contributed by atoms with Gasteiger partial charge in [-0.25, -0.2) is 23.4 Å². The maximum absolute atomic E-state index is 13.0. The third-order valence-electron chi connectivity index (χ3n) is 5.29. The molecule has 0 saturated carbocycles. The van der Waals surface area contributed by atoms with Crippen molar-refractivity contribution in [1.29, 1.82) is 0 Å². The monoisotopic (exact) mass is 515 g/mol. The van der Waals surface area contributed by atoms with Gasteiger partial charge in [0.2, 0.25) is 5.88 Å². The third kappa shape index (κ3) is 5.19. The maximum Gasteiger partial charge on any atom is 0.273 e. The van der Waals surface area contributed by atoms with Gasteiger partial charge in [-0.3, -0.25) is 13.9 Å². The van der Waals surface area contributed by atoms with Crippen molar-refractivity contribution in [2.75, 3.05) is 25.5 Å². The second kappa shape index (κ2) is 10.1. The van der Waals surface area contributed by atoms with Gasteiger partial charge in [-0.2, -0.15) is 0 Å². The summed E-state index contributed by atoms with van der Waals surface area (Å²) in [7, 11) is -0.872. The summed E-state index contributed by atoms with van der Waals surface area (Å²) in [5, 5.41) is 0.651. The zero-order valence-electron chi connectivity index (χ0n) is 19.7. The number of hydrogen-bond donors (Lipinski definition) is 1. The zero-order valence-corrected chi connectivity index (χ0v) is 21.4. The van der Waals surface area contributed by atoms with Crippen molar-refractivity contribution in [2.45, 2.75) is 30.9 Å². The number of pyridine rings is 2. The highest BCUT2D eigenvalue weighted by Gasteiger charge is 2.23. The number of fused-ring (bicyclic) bond motifs is 1. The number of nitrogens with one attached hydrogen (secondary N) is 1. The summed E-state index contributed by atoms with van der Waals surface area (Å²) in [5.41, 5.74) is 2.79. The number of aromatic nitrogens is 4. The van der Waals surface area contributed by atoms with Gasteiger partial charge >= 0.3 is 0 Å². The molecule has 0 aromatic carbocycles. The molecule has 1 N–H and O–H groups in total. The van der Waals surface area contributed by atoms with E-state index < -0.39 is 10.0 Å². The van der Waals surface area contributed by atoms with Crippen LogP contribution in [0.1, 0.15) is 22.7 Å². The van der Waals surface area contributed by atoms with Crippen LogP contribution in [0.25, 0.3) is 16.8 Å². The average Bonchev–Trinajstić information content (AvgIpc) is 3.19. The van der Waals surface area contributed by atoms with Crippen LogP contribution in [0.4, 0.5) is 5.69 Å². The van der Waals surface area contributed by atoms with Gasteiger partial charge in [-0.1, -0.05) is 0 Å². The Morgan fingerprint density at radius 2 is 1.91 bits per heavy atom. The molecule has 4 aromatic heterocycles. The average molecular weight is 516 g/mol. The van der Waals surface area contributed by atoms with Crippen molar-refractivity contribution >= 4 is 32.7 Å². The Bertz CT molecular complexity index is 1550. The van der Waals surface area contributed by atoms with Crippen LogP contribution in [0, 0.1) is 13.8 Å². The number of nitrogens with zero attached hydrogens (tertiary/aromatic N) is 4. The lowest BCUT2D eigenvalue weighted by Gasteiger charge is -2.13. The number of aryl methyl sites for hydroxylation is 3. The van der Waals surface area contributed by atoms with E-state index in [4.69, 9.17) is 9.47 Å². The van der Waals surface area contributed by atoms with Crippen LogP contribution >= 0.6 is 11.3 Å². The molecule has 184 valence electrons. The van der Waals surface area contributed by atoms with E-state index in [2.05, 4.69) is 19.7 Å². The van der Waals surface area contributed by atoms with Crippen LogP contribution in [0.3, 0.4) is 0 Å². The number of hydrogen-bond acceptors (Lipinski definition) is 9. The summed E-state index contributed by atoms with van der Waals surface area (Å²) in [6, 6.07) is 5.15. The lowest BCUT2D eigenvalue weighted by Crippen LogP contribution is -2.19. The van der Waals surface area contributed by atoms with Crippen LogP contribution < -0.4 is 15.0 Å². The van der Waals surface area contributed by atoms with E-state index in [1.807, 2.05) is 0 Å². The van der Waals surface area contributed by atoms with Crippen molar-refractivity contribution in [2.24, 2.45) is 0 Å². The largest absolute Gasteiger partial charge is 0.480 e. The number of methoxy groups -OCH3 is 2. The number of rotatable bonds is 9. The summed E-state index contributed by atoms with van der Waals surface area (Å²) in [6.45, 7) is 3.95. The SMILES string of the molecule is COCCCc1cnc2ccc(-c3cnc(OC)c(NS(=O)(=O)c4sc(C)nc4C)c3)cn2c1=O. The third-order valence-corrected chi connectivity index (χ3v) is 8.34. The molecule has 12 heteroatoms. The van der Waals surface area contributed by atoms with E-state index >= 15 is 0 Å². The van der Waals surface area contributed by atoms with Gasteiger partial charge in [0, 0.05) is 49.0 Å². The van der Waals surface area contributed by atoms with E-state index in [0.717, 1.165) is 11.3 Å². The van der Waals surface area contributed by atoms with E-state index in [9.17, 15) is 13.2 Å². The molecule has 35 heavy (non-hydrogen) atoms. The molecule has 0 atom stereocenters. The second-order valence-electron chi connectivity index (χ2n) is 7.82. The highest BCUT2D eigenvalue weighted by molar-refractivity contribution is 7.94. The topological polar surface area (TPSA) is 125 Å². The Hall–Kier alpha value is -3.35. The fourth-order valence-electron chi connectivity index (χ4n) is 3.66. The molecule has 4 rings (SSSR count). The Morgan fingerprint density at radius 1 is 1.11 bits per heavy atom. The Balaban J connectivity index is 1.73. The standard InChI is InChI=1S/C23H25N5O5S2/c1-14-23(34-15(2)26-14)35(30,31)27-19-10-18(12-25-21(19)33-4)17-7-8-20-24-11-16(6-5-9-32-3)22(29)28(20)13-17/h7-8,10-13,27H,5-6,9H2,1-4H3. The van der Waals surface area contributed by atoms with Crippen LogP contribution in [-0.4, -0.2) is 48.6 Å². The van der Waals surface area contributed by atoms with Gasteiger partial charge in [-0.15, -0.1) is 11.3 Å². The smallest absolute Gasteiger partial charge is 0.273 e. The Morgan fingerprint density at radius 3 is 2.60 bits per heavy atom. The summed E-state index contributed by atoms with van der Waals surface area (Å²) in [6.07, 6.45) is 6.09. The molecule has 4 aromatic rings. The molecule has 0 fully saturated rings. The second-order valence-corrected chi connectivity index (χ2v) is 10.9. The minimum atomic E-state index is -3.90. The highest BCUT2D eigenvalue weighted by Crippen LogP contribution is 2.32.